The minimum absolute atomic E-state index is 0.0956. The van der Waals surface area contributed by atoms with E-state index < -0.39 is 6.04 Å². The molecule has 0 unspecified atom stereocenters. The van der Waals surface area contributed by atoms with E-state index in [-0.39, 0.29) is 17.6 Å². The Bertz CT molecular complexity index is 1140. The molecule has 1 atom stereocenters. The number of ether oxygens (including phenoxy) is 1. The molecule has 0 aliphatic rings. The average Bonchev–Trinajstić information content (AvgIpc) is 2.74. The summed E-state index contributed by atoms with van der Waals surface area (Å²) in [5.74, 6) is 0.0369. The highest BCUT2D eigenvalue weighted by molar-refractivity contribution is 6.42. The lowest BCUT2D eigenvalue weighted by Gasteiger charge is -2.20. The van der Waals surface area contributed by atoms with Crippen molar-refractivity contribution in [1.82, 2.24) is 10.3 Å². The van der Waals surface area contributed by atoms with E-state index in [0.717, 1.165) is 0 Å². The Labute approximate surface area is 195 Å². The molecule has 8 heteroatoms. The van der Waals surface area contributed by atoms with Gasteiger partial charge in [-0.3, -0.25) is 9.78 Å². The van der Waals surface area contributed by atoms with Crippen molar-refractivity contribution in [2.24, 2.45) is 0 Å². The molecule has 1 amide bonds. The molecule has 0 bridgehead atoms. The number of pyridine rings is 1. The van der Waals surface area contributed by atoms with Gasteiger partial charge < -0.3 is 10.1 Å². The van der Waals surface area contributed by atoms with Crippen LogP contribution in [0.3, 0.4) is 0 Å². The zero-order valence-electron chi connectivity index (χ0n) is 16.7. The number of benzene rings is 2. The van der Waals surface area contributed by atoms with Crippen molar-refractivity contribution in [3.05, 3.63) is 92.2 Å². The lowest BCUT2D eigenvalue weighted by atomic mass is 10.0. The fourth-order valence-electron chi connectivity index (χ4n) is 2.91. The average molecular weight is 475 g/mol. The van der Waals surface area contributed by atoms with Gasteiger partial charge in [-0.05, 0) is 61.9 Å². The van der Waals surface area contributed by atoms with Gasteiger partial charge in [-0.2, -0.15) is 5.26 Å². The Kier molecular flexibility index (Phi) is 7.40. The molecule has 0 saturated carbocycles. The van der Waals surface area contributed by atoms with Crippen molar-refractivity contribution in [3.63, 3.8) is 0 Å². The SMILES string of the molecule is CC(C)Oc1ccc(C(=O)N[C@@H](c2ccc(Cl)c(Cl)c2)c2ccc(Cl)cn2)cc1C#N. The smallest absolute Gasteiger partial charge is 0.252 e. The maximum Gasteiger partial charge on any atom is 0.252 e. The lowest BCUT2D eigenvalue weighted by Crippen LogP contribution is -2.30. The van der Waals surface area contributed by atoms with Crippen LogP contribution in [0.15, 0.2) is 54.7 Å². The van der Waals surface area contributed by atoms with Crippen molar-refractivity contribution < 1.29 is 9.53 Å². The van der Waals surface area contributed by atoms with Gasteiger partial charge in [0.25, 0.3) is 5.91 Å². The minimum Gasteiger partial charge on any atom is -0.490 e. The van der Waals surface area contributed by atoms with E-state index >= 15 is 0 Å². The number of carbonyl (C=O) groups is 1. The van der Waals surface area contributed by atoms with Crippen LogP contribution in [-0.4, -0.2) is 17.0 Å². The second-order valence-electron chi connectivity index (χ2n) is 6.97. The van der Waals surface area contributed by atoms with Crippen molar-refractivity contribution in [2.45, 2.75) is 26.0 Å². The Balaban J connectivity index is 1.95. The monoisotopic (exact) mass is 473 g/mol. The van der Waals surface area contributed by atoms with E-state index in [1.807, 2.05) is 13.8 Å². The molecule has 0 aliphatic heterocycles. The van der Waals surface area contributed by atoms with Gasteiger partial charge in [0.2, 0.25) is 0 Å². The quantitative estimate of drug-likeness (QED) is 0.460. The summed E-state index contributed by atoms with van der Waals surface area (Å²) in [6.45, 7) is 3.73. The molecule has 3 rings (SSSR count). The summed E-state index contributed by atoms with van der Waals surface area (Å²) in [4.78, 5) is 17.4. The lowest BCUT2D eigenvalue weighted by molar-refractivity contribution is 0.0942. The number of hydrogen-bond acceptors (Lipinski definition) is 4. The predicted octanol–water partition coefficient (Wildman–Crippen LogP) is 6.22. The zero-order chi connectivity index (χ0) is 22.5. The Morgan fingerprint density at radius 3 is 2.45 bits per heavy atom. The molecular formula is C23H18Cl3N3O2. The van der Waals surface area contributed by atoms with Gasteiger partial charge >= 0.3 is 0 Å². The first-order valence-electron chi connectivity index (χ1n) is 9.36. The number of carbonyl (C=O) groups excluding carboxylic acids is 1. The summed E-state index contributed by atoms with van der Waals surface area (Å²) < 4.78 is 5.62. The molecule has 31 heavy (non-hydrogen) atoms. The van der Waals surface area contributed by atoms with Crippen LogP contribution in [-0.2, 0) is 0 Å². The van der Waals surface area contributed by atoms with Crippen LogP contribution in [0.1, 0.15) is 47.1 Å². The molecule has 158 valence electrons. The normalized spacial score (nSPS) is 11.6. The minimum atomic E-state index is -0.614. The first-order valence-corrected chi connectivity index (χ1v) is 10.5. The van der Waals surface area contributed by atoms with Crippen LogP contribution in [0.2, 0.25) is 15.1 Å². The summed E-state index contributed by atoms with van der Waals surface area (Å²) in [6.07, 6.45) is 1.40. The highest BCUT2D eigenvalue weighted by atomic mass is 35.5. The fourth-order valence-corrected chi connectivity index (χ4v) is 3.33. The Hall–Kier alpha value is -2.78. The summed E-state index contributed by atoms with van der Waals surface area (Å²) >= 11 is 18.2. The van der Waals surface area contributed by atoms with Crippen molar-refractivity contribution in [2.75, 3.05) is 0 Å². The second kappa shape index (κ2) is 10.0. The number of nitriles is 1. The number of halogens is 3. The van der Waals surface area contributed by atoms with Gasteiger partial charge in [0, 0.05) is 11.8 Å². The number of nitrogens with zero attached hydrogens (tertiary/aromatic N) is 2. The van der Waals surface area contributed by atoms with Crippen LogP contribution in [0.5, 0.6) is 5.75 Å². The van der Waals surface area contributed by atoms with Crippen molar-refractivity contribution >= 4 is 40.7 Å². The van der Waals surface area contributed by atoms with Crippen LogP contribution >= 0.6 is 34.8 Å². The Morgan fingerprint density at radius 2 is 1.84 bits per heavy atom. The summed E-state index contributed by atoms with van der Waals surface area (Å²) in [5, 5.41) is 13.6. The largest absolute Gasteiger partial charge is 0.490 e. The first kappa shape index (κ1) is 22.9. The molecular weight excluding hydrogens is 457 g/mol. The van der Waals surface area contributed by atoms with Gasteiger partial charge in [-0.1, -0.05) is 40.9 Å². The predicted molar refractivity (Wildman–Crippen MR) is 122 cm³/mol. The van der Waals surface area contributed by atoms with Gasteiger partial charge in [-0.25, -0.2) is 0 Å². The van der Waals surface area contributed by atoms with Crippen LogP contribution in [0.4, 0.5) is 0 Å². The van der Waals surface area contributed by atoms with Gasteiger partial charge in [0.05, 0.1) is 38.5 Å². The number of hydrogen-bond donors (Lipinski definition) is 1. The van der Waals surface area contributed by atoms with E-state index in [4.69, 9.17) is 39.5 Å². The molecule has 0 radical (unpaired) electrons. The summed E-state index contributed by atoms with van der Waals surface area (Å²) in [6, 6.07) is 14.7. The van der Waals surface area contributed by atoms with E-state index in [0.29, 0.717) is 37.6 Å². The Morgan fingerprint density at radius 1 is 1.06 bits per heavy atom. The van der Waals surface area contributed by atoms with Gasteiger partial charge in [0.1, 0.15) is 11.8 Å². The summed E-state index contributed by atoms with van der Waals surface area (Å²) in [5.41, 5.74) is 1.85. The molecule has 5 nitrogen and oxygen atoms in total. The van der Waals surface area contributed by atoms with E-state index in [1.54, 1.807) is 42.5 Å². The standard InChI is InChI=1S/C23H18Cl3N3O2/c1-13(2)31-21-8-4-15(9-16(21)11-27)23(30)29-22(20-7-5-17(24)12-28-20)14-3-6-18(25)19(26)10-14/h3-10,12-13,22H,1-2H3,(H,29,30)/t22-/m0/s1. The van der Waals surface area contributed by atoms with Gasteiger partial charge in [0.15, 0.2) is 0 Å². The molecule has 0 spiro atoms. The zero-order valence-corrected chi connectivity index (χ0v) is 19.0. The summed E-state index contributed by atoms with van der Waals surface area (Å²) in [7, 11) is 0. The van der Waals surface area contributed by atoms with Gasteiger partial charge in [-0.15, -0.1) is 0 Å². The molecule has 1 heterocycles. The molecule has 0 aliphatic carbocycles. The van der Waals surface area contributed by atoms with Crippen molar-refractivity contribution in [3.8, 4) is 11.8 Å². The molecule has 0 fully saturated rings. The molecule has 1 N–H and O–H groups in total. The third-order valence-corrected chi connectivity index (χ3v) is 5.29. The maximum absolute atomic E-state index is 13.0. The first-order chi connectivity index (χ1) is 14.8. The molecule has 0 saturated heterocycles. The van der Waals surface area contributed by atoms with Crippen LogP contribution in [0, 0.1) is 11.3 Å². The molecule has 1 aromatic heterocycles. The topological polar surface area (TPSA) is 75.0 Å². The molecule has 2 aromatic carbocycles. The number of rotatable bonds is 6. The maximum atomic E-state index is 13.0. The van der Waals surface area contributed by atoms with E-state index in [9.17, 15) is 10.1 Å². The number of aromatic nitrogens is 1. The highest BCUT2D eigenvalue weighted by Gasteiger charge is 2.21. The van der Waals surface area contributed by atoms with E-state index in [1.165, 1.54) is 12.3 Å². The second-order valence-corrected chi connectivity index (χ2v) is 8.22. The van der Waals surface area contributed by atoms with Crippen LogP contribution in [0.25, 0.3) is 0 Å². The third kappa shape index (κ3) is 5.68. The van der Waals surface area contributed by atoms with Crippen molar-refractivity contribution in [1.29, 1.82) is 5.26 Å². The van der Waals surface area contributed by atoms with Crippen LogP contribution < -0.4 is 10.1 Å². The number of nitrogens with one attached hydrogen (secondary N) is 1. The molecule has 3 aromatic rings. The highest BCUT2D eigenvalue weighted by Crippen LogP contribution is 2.29. The third-order valence-electron chi connectivity index (χ3n) is 4.32. The van der Waals surface area contributed by atoms with E-state index in [2.05, 4.69) is 16.4 Å². The number of amides is 1. The fraction of sp³-hybridized carbons (Fsp3) is 0.174.